The second-order valence-electron chi connectivity index (χ2n) is 2.42. The van der Waals surface area contributed by atoms with E-state index in [4.69, 9.17) is 9.47 Å². The lowest BCUT2D eigenvalue weighted by Crippen LogP contribution is -2.23. The van der Waals surface area contributed by atoms with Crippen LogP contribution in [0.25, 0.3) is 0 Å². The molecule has 11 heavy (non-hydrogen) atoms. The molecule has 2 atom stereocenters. The van der Waals surface area contributed by atoms with Crippen LogP contribution in [0.1, 0.15) is 13.3 Å². The van der Waals surface area contributed by atoms with Gasteiger partial charge in [-0.1, -0.05) is 0 Å². The largest absolute Gasteiger partial charge is 0.382 e. The summed E-state index contributed by atoms with van der Waals surface area (Å²) in [4.78, 5) is 3.71. The minimum atomic E-state index is -0.164. The van der Waals surface area contributed by atoms with Crippen molar-refractivity contribution in [1.29, 1.82) is 0 Å². The molecule has 0 aromatic carbocycles. The monoisotopic (exact) mass is 163 g/mol. The fourth-order valence-corrected chi connectivity index (χ4v) is 0.775. The van der Waals surface area contributed by atoms with Crippen LogP contribution in [0.4, 0.5) is 0 Å². The van der Waals surface area contributed by atoms with Crippen molar-refractivity contribution in [2.45, 2.75) is 25.6 Å². The Morgan fingerprint density at radius 1 is 1.27 bits per heavy atom. The fourth-order valence-electron chi connectivity index (χ4n) is 0.775. The third-order valence-corrected chi connectivity index (χ3v) is 1.58. The van der Waals surface area contributed by atoms with Crippen molar-refractivity contribution >= 4 is 0 Å². The second kappa shape index (κ2) is 6.54. The van der Waals surface area contributed by atoms with Crippen LogP contribution in [0.5, 0.6) is 0 Å². The van der Waals surface area contributed by atoms with Crippen LogP contribution in [-0.4, -0.2) is 33.0 Å². The molecule has 0 aliphatic heterocycles. The highest BCUT2D eigenvalue weighted by atomic mass is 17.1. The van der Waals surface area contributed by atoms with Gasteiger partial charge in [0, 0.05) is 20.6 Å². The van der Waals surface area contributed by atoms with Crippen molar-refractivity contribution in [3.8, 4) is 0 Å². The van der Waals surface area contributed by atoms with E-state index in [1.54, 1.807) is 14.2 Å². The van der Waals surface area contributed by atoms with Crippen LogP contribution in [0, 0.1) is 0 Å². The smallest absolute Gasteiger partial charge is 0.112 e. The summed E-state index contributed by atoms with van der Waals surface area (Å²) in [6.45, 7) is 1.99. The molecule has 0 aliphatic carbocycles. The Kier molecular flexibility index (Phi) is 6.45. The van der Waals surface area contributed by atoms with Crippen molar-refractivity contribution in [2.24, 2.45) is 0 Å². The molecular formula is C7H15O4. The lowest BCUT2D eigenvalue weighted by Gasteiger charge is -2.16. The maximum atomic E-state index is 9.75. The van der Waals surface area contributed by atoms with Crippen molar-refractivity contribution in [3.05, 3.63) is 0 Å². The van der Waals surface area contributed by atoms with E-state index in [1.165, 1.54) is 0 Å². The van der Waals surface area contributed by atoms with Gasteiger partial charge in [0.15, 0.2) is 0 Å². The van der Waals surface area contributed by atoms with Gasteiger partial charge in [-0.05, 0) is 12.2 Å². The maximum Gasteiger partial charge on any atom is 0.112 e. The van der Waals surface area contributed by atoms with E-state index in [0.29, 0.717) is 6.42 Å². The van der Waals surface area contributed by atoms with Gasteiger partial charge in [-0.3, -0.25) is 0 Å². The molecule has 0 aromatic heterocycles. The molecule has 0 aromatic rings. The minimum Gasteiger partial charge on any atom is -0.382 e. The van der Waals surface area contributed by atoms with Crippen LogP contribution < -0.4 is 0 Å². The van der Waals surface area contributed by atoms with E-state index in [-0.39, 0.29) is 18.8 Å². The second-order valence-corrected chi connectivity index (χ2v) is 2.42. The third-order valence-electron chi connectivity index (χ3n) is 1.58. The molecular weight excluding hydrogens is 148 g/mol. The highest BCUT2D eigenvalue weighted by Gasteiger charge is 2.12. The molecule has 1 radical (unpaired) electrons. The van der Waals surface area contributed by atoms with Gasteiger partial charge in [-0.2, -0.15) is 0 Å². The minimum absolute atomic E-state index is 0.0736. The summed E-state index contributed by atoms with van der Waals surface area (Å²) in [6, 6.07) is 0. The molecule has 0 rings (SSSR count). The average Bonchev–Trinajstić information content (AvgIpc) is 2.03. The van der Waals surface area contributed by atoms with Crippen molar-refractivity contribution < 1.29 is 19.6 Å². The number of hydrogen-bond donors (Lipinski definition) is 0. The number of ether oxygens (including phenoxy) is 2. The zero-order valence-corrected chi connectivity index (χ0v) is 7.20. The maximum absolute atomic E-state index is 9.75. The van der Waals surface area contributed by atoms with E-state index in [9.17, 15) is 5.26 Å². The molecule has 0 amide bonds. The van der Waals surface area contributed by atoms with Crippen molar-refractivity contribution in [2.75, 3.05) is 20.8 Å². The molecule has 0 heterocycles. The number of hydrogen-bond acceptors (Lipinski definition) is 3. The zero-order chi connectivity index (χ0) is 8.69. The topological polar surface area (TPSA) is 47.6 Å². The van der Waals surface area contributed by atoms with E-state index in [2.05, 4.69) is 4.89 Å². The van der Waals surface area contributed by atoms with Crippen LogP contribution in [0.2, 0.25) is 0 Å². The molecule has 4 heteroatoms. The fraction of sp³-hybridized carbons (Fsp3) is 1.00. The van der Waals surface area contributed by atoms with Gasteiger partial charge in [0.05, 0.1) is 12.2 Å². The molecule has 0 fully saturated rings. The lowest BCUT2D eigenvalue weighted by molar-refractivity contribution is -0.316. The summed E-state index contributed by atoms with van der Waals surface area (Å²) in [5.74, 6) is 0. The highest BCUT2D eigenvalue weighted by molar-refractivity contribution is 4.60. The first-order chi connectivity index (χ1) is 5.24. The van der Waals surface area contributed by atoms with Crippen LogP contribution in [0.15, 0.2) is 0 Å². The molecule has 0 saturated heterocycles. The van der Waals surface area contributed by atoms with Gasteiger partial charge in [-0.25, -0.2) is 4.89 Å². The Morgan fingerprint density at radius 3 is 2.27 bits per heavy atom. The molecule has 0 spiro atoms. The van der Waals surface area contributed by atoms with Gasteiger partial charge in [0.25, 0.3) is 0 Å². The normalized spacial score (nSPS) is 16.4. The lowest BCUT2D eigenvalue weighted by atomic mass is 10.2. The molecule has 67 valence electrons. The summed E-state index contributed by atoms with van der Waals surface area (Å²) in [5, 5.41) is 9.75. The summed E-state index contributed by atoms with van der Waals surface area (Å²) in [7, 11) is 3.17. The molecule has 0 saturated carbocycles. The summed E-state index contributed by atoms with van der Waals surface area (Å²) in [6.07, 6.45) is 0.604. The molecule has 0 bridgehead atoms. The summed E-state index contributed by atoms with van der Waals surface area (Å²) < 4.78 is 9.95. The average molecular weight is 163 g/mol. The van der Waals surface area contributed by atoms with Crippen molar-refractivity contribution in [3.63, 3.8) is 0 Å². The summed E-state index contributed by atoms with van der Waals surface area (Å²) in [5.41, 5.74) is 0. The Morgan fingerprint density at radius 2 is 1.91 bits per heavy atom. The highest BCUT2D eigenvalue weighted by Crippen LogP contribution is 2.04. The molecule has 0 aliphatic rings. The van der Waals surface area contributed by atoms with Gasteiger partial charge in [0.1, 0.15) is 6.61 Å². The van der Waals surface area contributed by atoms with Crippen LogP contribution in [-0.2, 0) is 19.6 Å². The first-order valence-electron chi connectivity index (χ1n) is 3.55. The van der Waals surface area contributed by atoms with Crippen LogP contribution >= 0.6 is 0 Å². The predicted octanol–water partition coefficient (Wildman–Crippen LogP) is 0.788. The predicted molar refractivity (Wildman–Crippen MR) is 38.5 cm³/mol. The number of rotatable bonds is 6. The Hall–Kier alpha value is -0.160. The number of methoxy groups -OCH3 is 2. The molecule has 2 unspecified atom stereocenters. The SMILES string of the molecule is COC(C)CC(CO[O])OC. The van der Waals surface area contributed by atoms with E-state index >= 15 is 0 Å². The standard InChI is InChI=1S/C7H15O4/c1-6(9-2)4-7(10-3)5-11-8/h6-7H,4-5H2,1-3H3. The third kappa shape index (κ3) is 5.15. The molecule has 4 nitrogen and oxygen atoms in total. The van der Waals surface area contributed by atoms with Gasteiger partial charge in [0.2, 0.25) is 0 Å². The summed E-state index contributed by atoms with van der Waals surface area (Å²) >= 11 is 0. The Labute approximate surface area is 67.0 Å². The molecule has 0 N–H and O–H groups in total. The van der Waals surface area contributed by atoms with Gasteiger partial charge >= 0.3 is 0 Å². The van der Waals surface area contributed by atoms with E-state index in [1.807, 2.05) is 6.92 Å². The van der Waals surface area contributed by atoms with E-state index in [0.717, 1.165) is 0 Å². The van der Waals surface area contributed by atoms with E-state index < -0.39 is 0 Å². The first-order valence-corrected chi connectivity index (χ1v) is 3.55. The van der Waals surface area contributed by atoms with Gasteiger partial charge in [-0.15, -0.1) is 0 Å². The Bertz CT molecular complexity index is 86.5. The first kappa shape index (κ1) is 10.8. The Balaban J connectivity index is 3.49. The zero-order valence-electron chi connectivity index (χ0n) is 7.20. The van der Waals surface area contributed by atoms with Gasteiger partial charge < -0.3 is 9.47 Å². The van der Waals surface area contributed by atoms with Crippen LogP contribution in [0.3, 0.4) is 0 Å². The quantitative estimate of drug-likeness (QED) is 0.429. The van der Waals surface area contributed by atoms with Crippen molar-refractivity contribution in [1.82, 2.24) is 0 Å².